The number of hydrogen-bond acceptors (Lipinski definition) is 9. The highest BCUT2D eigenvalue weighted by atomic mass is 31.2. The van der Waals surface area contributed by atoms with Crippen LogP contribution in [0.25, 0.3) is 0 Å². The Labute approximate surface area is 341 Å². The lowest BCUT2D eigenvalue weighted by molar-refractivity contribution is -0.161. The van der Waals surface area contributed by atoms with E-state index >= 15 is 0 Å². The van der Waals surface area contributed by atoms with Crippen molar-refractivity contribution in [3.63, 3.8) is 0 Å². The number of carboxylic acid groups (broad SMARTS) is 1. The van der Waals surface area contributed by atoms with E-state index in [1.165, 1.54) is 141 Å². The van der Waals surface area contributed by atoms with Gasteiger partial charge in [-0.3, -0.25) is 23.4 Å². The number of phosphoric ester groups is 1. The van der Waals surface area contributed by atoms with Gasteiger partial charge in [0.2, 0.25) is 0 Å². The molecule has 0 spiro atoms. The minimum atomic E-state index is -4.71. The molecule has 3 atom stereocenters. The van der Waals surface area contributed by atoms with Crippen LogP contribution in [0, 0.1) is 0 Å². The molecule has 0 bridgehead atoms. The molecule has 0 fully saturated rings. The molecule has 11 nitrogen and oxygen atoms in total. The average molecular weight is 818 g/mol. The summed E-state index contributed by atoms with van der Waals surface area (Å²) in [4.78, 5) is 46.0. The summed E-state index contributed by atoms with van der Waals surface area (Å²) in [6, 6.07) is -1.52. The molecule has 0 aliphatic rings. The molecule has 0 aromatic carbocycles. The number of nitrogens with two attached hydrogens (primary N) is 1. The van der Waals surface area contributed by atoms with Gasteiger partial charge in [0.25, 0.3) is 0 Å². The van der Waals surface area contributed by atoms with Gasteiger partial charge >= 0.3 is 25.7 Å². The van der Waals surface area contributed by atoms with Crippen LogP contribution in [0.5, 0.6) is 0 Å². The normalized spacial score (nSPS) is 13.8. The summed E-state index contributed by atoms with van der Waals surface area (Å²) in [6.07, 6.45) is 39.8. The number of rotatable bonds is 43. The fraction of sp³-hybridized carbons (Fsp3) is 0.886. The summed E-state index contributed by atoms with van der Waals surface area (Å²) in [5.41, 5.74) is 5.34. The van der Waals surface area contributed by atoms with Gasteiger partial charge in [0.1, 0.15) is 12.6 Å². The van der Waals surface area contributed by atoms with Crippen LogP contribution in [0.4, 0.5) is 0 Å². The molecule has 0 aromatic rings. The van der Waals surface area contributed by atoms with Crippen LogP contribution in [0.2, 0.25) is 0 Å². The minimum Gasteiger partial charge on any atom is -0.480 e. The molecule has 0 heterocycles. The molecular formula is C44H84NO10P. The van der Waals surface area contributed by atoms with Gasteiger partial charge in [0.15, 0.2) is 6.10 Å². The van der Waals surface area contributed by atoms with Gasteiger partial charge in [-0.1, -0.05) is 187 Å². The van der Waals surface area contributed by atoms with Gasteiger partial charge in [-0.25, -0.2) is 4.57 Å². The van der Waals surface area contributed by atoms with Crippen molar-refractivity contribution >= 4 is 25.7 Å². The number of carbonyl (C=O) groups is 3. The third kappa shape index (κ3) is 39.1. The number of esters is 2. The SMILES string of the molecule is CCCC/C=C/CCCCCCCCCCCC(=O)OC[C@H](COP(=O)(O)OC[C@H](N)C(=O)O)OC(=O)CCCCCCCCCCCCCCCCCCC. The highest BCUT2D eigenvalue weighted by Gasteiger charge is 2.28. The largest absolute Gasteiger partial charge is 0.480 e. The second-order valence-corrected chi connectivity index (χ2v) is 17.0. The smallest absolute Gasteiger partial charge is 0.472 e. The van der Waals surface area contributed by atoms with Crippen molar-refractivity contribution in [2.75, 3.05) is 19.8 Å². The van der Waals surface area contributed by atoms with Crippen molar-refractivity contribution < 1.29 is 47.5 Å². The molecule has 330 valence electrons. The van der Waals surface area contributed by atoms with Crippen molar-refractivity contribution in [2.45, 2.75) is 231 Å². The van der Waals surface area contributed by atoms with Crippen LogP contribution in [0.1, 0.15) is 219 Å². The van der Waals surface area contributed by atoms with Crippen molar-refractivity contribution in [1.82, 2.24) is 0 Å². The lowest BCUT2D eigenvalue weighted by Crippen LogP contribution is -2.34. The Hall–Kier alpha value is -1.78. The van der Waals surface area contributed by atoms with Crippen LogP contribution in [-0.2, 0) is 37.5 Å². The number of ether oxygens (including phenoxy) is 2. The number of allylic oxidation sites excluding steroid dienone is 2. The maximum absolute atomic E-state index is 12.6. The van der Waals surface area contributed by atoms with Crippen LogP contribution in [0.3, 0.4) is 0 Å². The molecule has 0 rings (SSSR count). The monoisotopic (exact) mass is 818 g/mol. The van der Waals surface area contributed by atoms with E-state index in [2.05, 4.69) is 30.5 Å². The maximum Gasteiger partial charge on any atom is 0.472 e. The average Bonchev–Trinajstić information content (AvgIpc) is 3.17. The minimum absolute atomic E-state index is 0.167. The van der Waals surface area contributed by atoms with E-state index < -0.39 is 51.1 Å². The molecule has 0 radical (unpaired) electrons. The van der Waals surface area contributed by atoms with E-state index in [4.69, 9.17) is 24.8 Å². The molecule has 0 amide bonds. The molecule has 0 saturated carbocycles. The summed E-state index contributed by atoms with van der Waals surface area (Å²) >= 11 is 0. The summed E-state index contributed by atoms with van der Waals surface area (Å²) < 4.78 is 32.7. The van der Waals surface area contributed by atoms with Crippen LogP contribution in [-0.4, -0.2) is 59.9 Å². The summed E-state index contributed by atoms with van der Waals surface area (Å²) in [6.45, 7) is 2.80. The highest BCUT2D eigenvalue weighted by molar-refractivity contribution is 7.47. The first-order chi connectivity index (χ1) is 27.1. The van der Waals surface area contributed by atoms with Gasteiger partial charge in [0, 0.05) is 12.8 Å². The first-order valence-electron chi connectivity index (χ1n) is 22.7. The molecule has 56 heavy (non-hydrogen) atoms. The van der Waals surface area contributed by atoms with E-state index in [0.29, 0.717) is 12.8 Å². The zero-order chi connectivity index (χ0) is 41.4. The zero-order valence-corrected chi connectivity index (χ0v) is 36.6. The topological polar surface area (TPSA) is 172 Å². The predicted octanol–water partition coefficient (Wildman–Crippen LogP) is 12.1. The molecule has 0 aliphatic carbocycles. The highest BCUT2D eigenvalue weighted by Crippen LogP contribution is 2.43. The lowest BCUT2D eigenvalue weighted by Gasteiger charge is -2.20. The summed E-state index contributed by atoms with van der Waals surface area (Å²) in [5.74, 6) is -2.37. The van der Waals surface area contributed by atoms with Gasteiger partial charge in [0.05, 0.1) is 13.2 Å². The predicted molar refractivity (Wildman–Crippen MR) is 226 cm³/mol. The van der Waals surface area contributed by atoms with Gasteiger partial charge in [-0.05, 0) is 32.1 Å². The Balaban J connectivity index is 4.30. The van der Waals surface area contributed by atoms with Crippen molar-refractivity contribution in [2.24, 2.45) is 5.73 Å². The lowest BCUT2D eigenvalue weighted by atomic mass is 10.0. The first-order valence-corrected chi connectivity index (χ1v) is 24.2. The first kappa shape index (κ1) is 54.2. The molecular weight excluding hydrogens is 733 g/mol. The number of hydrogen-bond donors (Lipinski definition) is 3. The van der Waals surface area contributed by atoms with Crippen LogP contribution in [0.15, 0.2) is 12.2 Å². The Morgan fingerprint density at radius 3 is 1.36 bits per heavy atom. The zero-order valence-electron chi connectivity index (χ0n) is 35.7. The molecule has 12 heteroatoms. The maximum atomic E-state index is 12.6. The number of aliphatic carboxylic acids is 1. The van der Waals surface area contributed by atoms with E-state index in [0.717, 1.165) is 38.5 Å². The molecule has 0 saturated heterocycles. The second kappa shape index (κ2) is 40.0. The molecule has 4 N–H and O–H groups in total. The van der Waals surface area contributed by atoms with Gasteiger partial charge in [-0.15, -0.1) is 0 Å². The molecule has 1 unspecified atom stereocenters. The van der Waals surface area contributed by atoms with Crippen molar-refractivity contribution in [3.05, 3.63) is 12.2 Å². The quantitative estimate of drug-likeness (QED) is 0.0231. The Bertz CT molecular complexity index is 1010. The van der Waals surface area contributed by atoms with Crippen LogP contribution >= 0.6 is 7.82 Å². The fourth-order valence-electron chi connectivity index (χ4n) is 6.40. The Morgan fingerprint density at radius 1 is 0.536 bits per heavy atom. The van der Waals surface area contributed by atoms with Gasteiger partial charge in [-0.2, -0.15) is 0 Å². The fourth-order valence-corrected chi connectivity index (χ4v) is 7.18. The van der Waals surface area contributed by atoms with E-state index in [9.17, 15) is 23.8 Å². The number of carbonyl (C=O) groups excluding carboxylic acids is 2. The number of unbranched alkanes of at least 4 members (excludes halogenated alkanes) is 27. The van der Waals surface area contributed by atoms with E-state index in [1.54, 1.807) is 0 Å². The summed E-state index contributed by atoms with van der Waals surface area (Å²) in [7, 11) is -4.71. The van der Waals surface area contributed by atoms with E-state index in [1.807, 2.05) is 0 Å². The molecule has 0 aliphatic heterocycles. The Kier molecular flexibility index (Phi) is 38.7. The van der Waals surface area contributed by atoms with Crippen molar-refractivity contribution in [1.29, 1.82) is 0 Å². The van der Waals surface area contributed by atoms with Crippen LogP contribution < -0.4 is 5.73 Å². The van der Waals surface area contributed by atoms with Gasteiger partial charge < -0.3 is 25.2 Å². The number of phosphoric acid groups is 1. The second-order valence-electron chi connectivity index (χ2n) is 15.5. The Morgan fingerprint density at radius 2 is 0.911 bits per heavy atom. The molecule has 0 aromatic heterocycles. The third-order valence-corrected chi connectivity index (χ3v) is 11.0. The standard InChI is InChI=1S/C44H84NO10P/c1-3-5-7-9-11-13-15-17-19-20-22-24-26-28-30-32-34-36-43(47)55-40(38-53-56(50,51)54-39-41(45)44(48)49)37-52-42(46)35-33-31-29-27-25-23-21-18-16-14-12-10-8-6-4-2/h10,12,40-41H,3-9,11,13-39,45H2,1-2H3,(H,48,49)(H,50,51)/b12-10+/t40-,41+/m1/s1. The van der Waals surface area contributed by atoms with E-state index in [-0.39, 0.29) is 19.4 Å². The third-order valence-electron chi connectivity index (χ3n) is 10.0. The number of carboxylic acids is 1. The van der Waals surface area contributed by atoms with Crippen molar-refractivity contribution in [3.8, 4) is 0 Å². The summed E-state index contributed by atoms with van der Waals surface area (Å²) in [5, 5.41) is 8.89.